The van der Waals surface area contributed by atoms with Gasteiger partial charge in [0.2, 0.25) is 0 Å². The fourth-order valence-corrected chi connectivity index (χ4v) is 2.00. The lowest BCUT2D eigenvalue weighted by Crippen LogP contribution is -2.07. The topological polar surface area (TPSA) is 41.5 Å². The molecule has 0 aliphatic rings. The first-order chi connectivity index (χ1) is 9.10. The van der Waals surface area contributed by atoms with Crippen molar-refractivity contribution in [2.45, 2.75) is 19.9 Å². The van der Waals surface area contributed by atoms with Gasteiger partial charge in [-0.05, 0) is 49.2 Å². The standard InChI is InChI=1S/C16H19NO2/c1-11-4-9-15(16(10-11)19-3)17-12(2)13-5-7-14(18)8-6-13/h4-10,12,17-18H,1-3H3. The maximum absolute atomic E-state index is 9.30. The van der Waals surface area contributed by atoms with Gasteiger partial charge in [-0.3, -0.25) is 0 Å². The van der Waals surface area contributed by atoms with Crippen molar-refractivity contribution < 1.29 is 9.84 Å². The number of methoxy groups -OCH3 is 1. The van der Waals surface area contributed by atoms with E-state index in [4.69, 9.17) is 4.74 Å². The van der Waals surface area contributed by atoms with Crippen molar-refractivity contribution in [3.8, 4) is 11.5 Å². The summed E-state index contributed by atoms with van der Waals surface area (Å²) in [5.74, 6) is 1.12. The molecule has 0 saturated heterocycles. The highest BCUT2D eigenvalue weighted by molar-refractivity contribution is 5.58. The van der Waals surface area contributed by atoms with Gasteiger partial charge in [0.15, 0.2) is 0 Å². The van der Waals surface area contributed by atoms with Crippen molar-refractivity contribution in [1.29, 1.82) is 0 Å². The summed E-state index contributed by atoms with van der Waals surface area (Å²) >= 11 is 0. The Balaban J connectivity index is 2.18. The van der Waals surface area contributed by atoms with Crippen molar-refractivity contribution in [2.24, 2.45) is 0 Å². The largest absolute Gasteiger partial charge is 0.508 e. The van der Waals surface area contributed by atoms with Gasteiger partial charge in [-0.2, -0.15) is 0 Å². The fourth-order valence-electron chi connectivity index (χ4n) is 2.00. The van der Waals surface area contributed by atoms with Crippen LogP contribution in [0, 0.1) is 6.92 Å². The van der Waals surface area contributed by atoms with Crippen LogP contribution in [0.2, 0.25) is 0 Å². The van der Waals surface area contributed by atoms with Crippen LogP contribution in [0.15, 0.2) is 42.5 Å². The molecular formula is C16H19NO2. The van der Waals surface area contributed by atoms with Gasteiger partial charge >= 0.3 is 0 Å². The van der Waals surface area contributed by atoms with Gasteiger partial charge in [-0.1, -0.05) is 18.2 Å². The zero-order chi connectivity index (χ0) is 13.8. The predicted molar refractivity (Wildman–Crippen MR) is 77.9 cm³/mol. The molecule has 100 valence electrons. The van der Waals surface area contributed by atoms with Crippen LogP contribution >= 0.6 is 0 Å². The smallest absolute Gasteiger partial charge is 0.142 e. The van der Waals surface area contributed by atoms with Crippen LogP contribution in [0.25, 0.3) is 0 Å². The molecule has 19 heavy (non-hydrogen) atoms. The summed E-state index contributed by atoms with van der Waals surface area (Å²) in [6.07, 6.45) is 0. The number of aryl methyl sites for hydroxylation is 1. The van der Waals surface area contributed by atoms with E-state index in [0.29, 0.717) is 0 Å². The molecule has 0 amide bonds. The molecule has 1 unspecified atom stereocenters. The summed E-state index contributed by atoms with van der Waals surface area (Å²) in [5, 5.41) is 12.7. The second-order valence-corrected chi connectivity index (χ2v) is 4.66. The van der Waals surface area contributed by atoms with Crippen molar-refractivity contribution in [2.75, 3.05) is 12.4 Å². The maximum Gasteiger partial charge on any atom is 0.142 e. The SMILES string of the molecule is COc1cc(C)ccc1NC(C)c1ccc(O)cc1. The highest BCUT2D eigenvalue weighted by Gasteiger charge is 2.09. The molecule has 0 heterocycles. The van der Waals surface area contributed by atoms with E-state index in [1.54, 1.807) is 19.2 Å². The Morgan fingerprint density at radius 2 is 1.79 bits per heavy atom. The summed E-state index contributed by atoms with van der Waals surface area (Å²) in [6, 6.07) is 13.4. The van der Waals surface area contributed by atoms with Crippen LogP contribution < -0.4 is 10.1 Å². The first kappa shape index (κ1) is 13.3. The molecule has 0 saturated carbocycles. The third kappa shape index (κ3) is 3.19. The normalized spacial score (nSPS) is 11.9. The van der Waals surface area contributed by atoms with Gasteiger partial charge in [0.05, 0.1) is 12.8 Å². The summed E-state index contributed by atoms with van der Waals surface area (Å²) in [6.45, 7) is 4.11. The third-order valence-electron chi connectivity index (χ3n) is 3.12. The molecule has 3 nitrogen and oxygen atoms in total. The Labute approximate surface area is 113 Å². The summed E-state index contributed by atoms with van der Waals surface area (Å²) < 4.78 is 5.38. The van der Waals surface area contributed by atoms with Gasteiger partial charge in [-0.15, -0.1) is 0 Å². The van der Waals surface area contributed by atoms with Gasteiger partial charge < -0.3 is 15.2 Å². The van der Waals surface area contributed by atoms with Crippen molar-refractivity contribution in [3.05, 3.63) is 53.6 Å². The Morgan fingerprint density at radius 1 is 1.11 bits per heavy atom. The Bertz CT molecular complexity index is 549. The molecule has 0 aliphatic heterocycles. The first-order valence-corrected chi connectivity index (χ1v) is 6.30. The third-order valence-corrected chi connectivity index (χ3v) is 3.12. The predicted octanol–water partition coefficient (Wildman–Crippen LogP) is 3.88. The maximum atomic E-state index is 9.30. The van der Waals surface area contributed by atoms with Crippen LogP contribution in [0.3, 0.4) is 0 Å². The van der Waals surface area contributed by atoms with E-state index in [1.165, 1.54) is 5.56 Å². The molecule has 0 spiro atoms. The number of nitrogens with one attached hydrogen (secondary N) is 1. The van der Waals surface area contributed by atoms with E-state index in [-0.39, 0.29) is 11.8 Å². The highest BCUT2D eigenvalue weighted by atomic mass is 16.5. The van der Waals surface area contributed by atoms with Crippen LogP contribution in [0.4, 0.5) is 5.69 Å². The molecule has 0 aromatic heterocycles. The fraction of sp³-hybridized carbons (Fsp3) is 0.250. The van der Waals surface area contributed by atoms with Crippen molar-refractivity contribution in [1.82, 2.24) is 0 Å². The average Bonchev–Trinajstić information content (AvgIpc) is 2.41. The second-order valence-electron chi connectivity index (χ2n) is 4.66. The van der Waals surface area contributed by atoms with Gasteiger partial charge in [0.25, 0.3) is 0 Å². The molecule has 2 aromatic carbocycles. The number of rotatable bonds is 4. The molecular weight excluding hydrogens is 238 g/mol. The van der Waals surface area contributed by atoms with E-state index < -0.39 is 0 Å². The summed E-state index contributed by atoms with van der Waals surface area (Å²) in [5.41, 5.74) is 3.24. The molecule has 0 aliphatic carbocycles. The highest BCUT2D eigenvalue weighted by Crippen LogP contribution is 2.29. The van der Waals surface area contributed by atoms with E-state index in [1.807, 2.05) is 37.3 Å². The lowest BCUT2D eigenvalue weighted by atomic mass is 10.1. The number of ether oxygens (including phenoxy) is 1. The number of anilines is 1. The number of hydrogen-bond donors (Lipinski definition) is 2. The Kier molecular flexibility index (Phi) is 3.95. The van der Waals surface area contributed by atoms with Gasteiger partial charge in [0, 0.05) is 6.04 Å². The molecule has 2 rings (SSSR count). The molecule has 2 N–H and O–H groups in total. The summed E-state index contributed by atoms with van der Waals surface area (Å²) in [4.78, 5) is 0. The number of hydrogen-bond acceptors (Lipinski definition) is 3. The van der Waals surface area contributed by atoms with Crippen LogP contribution in [-0.2, 0) is 0 Å². The molecule has 3 heteroatoms. The number of aromatic hydroxyl groups is 1. The molecule has 0 radical (unpaired) electrons. The Hall–Kier alpha value is -2.16. The van der Waals surface area contributed by atoms with Crippen LogP contribution in [0.1, 0.15) is 24.1 Å². The molecule has 0 fully saturated rings. The quantitative estimate of drug-likeness (QED) is 0.873. The monoisotopic (exact) mass is 257 g/mol. The number of phenols is 1. The van der Waals surface area contributed by atoms with E-state index in [0.717, 1.165) is 17.0 Å². The first-order valence-electron chi connectivity index (χ1n) is 6.30. The van der Waals surface area contributed by atoms with Gasteiger partial charge in [-0.25, -0.2) is 0 Å². The average molecular weight is 257 g/mol. The van der Waals surface area contributed by atoms with Crippen molar-refractivity contribution in [3.63, 3.8) is 0 Å². The molecule has 1 atom stereocenters. The Morgan fingerprint density at radius 3 is 2.42 bits per heavy atom. The summed E-state index contributed by atoms with van der Waals surface area (Å²) in [7, 11) is 1.67. The lowest BCUT2D eigenvalue weighted by Gasteiger charge is -2.18. The van der Waals surface area contributed by atoms with E-state index >= 15 is 0 Å². The lowest BCUT2D eigenvalue weighted by molar-refractivity contribution is 0.415. The number of phenolic OH excluding ortho intramolecular Hbond substituents is 1. The number of benzene rings is 2. The van der Waals surface area contributed by atoms with E-state index in [9.17, 15) is 5.11 Å². The minimum absolute atomic E-state index is 0.136. The molecule has 2 aromatic rings. The minimum atomic E-state index is 0.136. The molecule has 0 bridgehead atoms. The second kappa shape index (κ2) is 5.65. The van der Waals surface area contributed by atoms with Crippen LogP contribution in [0.5, 0.6) is 11.5 Å². The van der Waals surface area contributed by atoms with Gasteiger partial charge in [0.1, 0.15) is 11.5 Å². The van der Waals surface area contributed by atoms with E-state index in [2.05, 4.69) is 12.2 Å². The minimum Gasteiger partial charge on any atom is -0.508 e. The van der Waals surface area contributed by atoms with Crippen LogP contribution in [-0.4, -0.2) is 12.2 Å². The zero-order valence-electron chi connectivity index (χ0n) is 11.5. The zero-order valence-corrected chi connectivity index (χ0v) is 11.5. The van der Waals surface area contributed by atoms with Crippen molar-refractivity contribution >= 4 is 5.69 Å².